The van der Waals surface area contributed by atoms with Gasteiger partial charge in [0.15, 0.2) is 0 Å². The first-order valence-corrected chi connectivity index (χ1v) is 9.98. The maximum atomic E-state index is 12.8. The van der Waals surface area contributed by atoms with Crippen molar-refractivity contribution in [1.82, 2.24) is 10.2 Å². The number of rotatable bonds is 6. The molecule has 0 aromatic heterocycles. The van der Waals surface area contributed by atoms with Gasteiger partial charge in [0, 0.05) is 11.6 Å². The summed E-state index contributed by atoms with van der Waals surface area (Å²) in [7, 11) is 1.58. The molecular weight excluding hydrogens is 395 g/mol. The van der Waals surface area contributed by atoms with Gasteiger partial charge in [0.2, 0.25) is 0 Å². The number of hydrogen-bond donors (Lipinski definition) is 1. The second kappa shape index (κ2) is 11.3. The first-order chi connectivity index (χ1) is 13.2. The minimum Gasteiger partial charge on any atom is -0.496 e. The summed E-state index contributed by atoms with van der Waals surface area (Å²) >= 11 is 6.50. The molecule has 1 aliphatic heterocycles. The summed E-state index contributed by atoms with van der Waals surface area (Å²) in [6.07, 6.45) is 4.89. The lowest BCUT2D eigenvalue weighted by molar-refractivity contribution is 0.0930. The van der Waals surface area contributed by atoms with E-state index in [1.54, 1.807) is 19.2 Å². The summed E-state index contributed by atoms with van der Waals surface area (Å²) in [5.41, 5.74) is 1.62. The van der Waals surface area contributed by atoms with Gasteiger partial charge in [-0.2, -0.15) is 0 Å². The fourth-order valence-corrected chi connectivity index (χ4v) is 3.97. The number of carbonyl (C=O) groups is 1. The lowest BCUT2D eigenvalue weighted by Crippen LogP contribution is -2.39. The second-order valence-corrected chi connectivity index (χ2v) is 7.31. The molecule has 0 radical (unpaired) electrons. The van der Waals surface area contributed by atoms with Gasteiger partial charge in [-0.25, -0.2) is 0 Å². The Labute approximate surface area is 178 Å². The summed E-state index contributed by atoms with van der Waals surface area (Å²) in [5.74, 6) is 0.457. The number of benzene rings is 2. The van der Waals surface area contributed by atoms with E-state index in [4.69, 9.17) is 16.3 Å². The van der Waals surface area contributed by atoms with Crippen LogP contribution in [0, 0.1) is 0 Å². The predicted octanol–water partition coefficient (Wildman–Crippen LogP) is 5.12. The van der Waals surface area contributed by atoms with Gasteiger partial charge in [-0.05, 0) is 49.7 Å². The summed E-state index contributed by atoms with van der Waals surface area (Å²) in [5, 5.41) is 3.85. The molecule has 1 saturated heterocycles. The van der Waals surface area contributed by atoms with E-state index in [1.807, 2.05) is 30.3 Å². The summed E-state index contributed by atoms with van der Waals surface area (Å²) in [6, 6.07) is 15.3. The molecule has 152 valence electrons. The number of likely N-dealkylation sites (tertiary alicyclic amines) is 1. The first kappa shape index (κ1) is 22.5. The molecule has 1 heterocycles. The molecular formula is C22H28Cl2N2O2. The molecule has 1 unspecified atom stereocenters. The van der Waals surface area contributed by atoms with E-state index < -0.39 is 0 Å². The van der Waals surface area contributed by atoms with Crippen molar-refractivity contribution in [3.05, 3.63) is 64.7 Å². The minimum absolute atomic E-state index is 0. The average molecular weight is 423 g/mol. The highest BCUT2D eigenvalue weighted by Crippen LogP contribution is 2.29. The number of ether oxygens (including phenoxy) is 1. The fourth-order valence-electron chi connectivity index (χ4n) is 3.70. The second-order valence-electron chi connectivity index (χ2n) is 6.90. The number of methoxy groups -OCH3 is 1. The number of amides is 1. The highest BCUT2D eigenvalue weighted by atomic mass is 35.5. The minimum atomic E-state index is -0.126. The van der Waals surface area contributed by atoms with E-state index in [1.165, 1.54) is 25.7 Å². The van der Waals surface area contributed by atoms with Crippen LogP contribution < -0.4 is 10.1 Å². The summed E-state index contributed by atoms with van der Waals surface area (Å²) < 4.78 is 5.32. The molecule has 2 aromatic carbocycles. The SMILES string of the molecule is COc1ccccc1C(=O)NCC(c1ccccc1Cl)N1CCCCCC1.Cl. The lowest BCUT2D eigenvalue weighted by Gasteiger charge is -2.32. The Morgan fingerprint density at radius 1 is 1.07 bits per heavy atom. The third-order valence-electron chi connectivity index (χ3n) is 5.15. The Bertz CT molecular complexity index is 762. The lowest BCUT2D eigenvalue weighted by atomic mass is 10.0. The zero-order chi connectivity index (χ0) is 19.1. The molecule has 3 rings (SSSR count). The van der Waals surface area contributed by atoms with E-state index in [9.17, 15) is 4.79 Å². The molecule has 0 aliphatic carbocycles. The topological polar surface area (TPSA) is 41.6 Å². The van der Waals surface area contributed by atoms with Crippen LogP contribution in [-0.2, 0) is 0 Å². The maximum absolute atomic E-state index is 12.8. The highest BCUT2D eigenvalue weighted by Gasteiger charge is 2.24. The monoisotopic (exact) mass is 422 g/mol. The smallest absolute Gasteiger partial charge is 0.255 e. The van der Waals surface area contributed by atoms with Gasteiger partial charge in [0.05, 0.1) is 18.7 Å². The van der Waals surface area contributed by atoms with Crippen molar-refractivity contribution in [1.29, 1.82) is 0 Å². The third kappa shape index (κ3) is 5.63. The van der Waals surface area contributed by atoms with Crippen LogP contribution in [0.1, 0.15) is 47.6 Å². The van der Waals surface area contributed by atoms with Crippen LogP contribution in [0.5, 0.6) is 5.75 Å². The Hall–Kier alpha value is -1.75. The van der Waals surface area contributed by atoms with Crippen molar-refractivity contribution in [2.24, 2.45) is 0 Å². The van der Waals surface area contributed by atoms with Gasteiger partial charge in [-0.3, -0.25) is 9.69 Å². The zero-order valence-electron chi connectivity index (χ0n) is 16.2. The number of hydrogen-bond acceptors (Lipinski definition) is 3. The van der Waals surface area contributed by atoms with E-state index in [0.29, 0.717) is 17.9 Å². The molecule has 1 atom stereocenters. The van der Waals surface area contributed by atoms with Crippen LogP contribution in [-0.4, -0.2) is 37.6 Å². The van der Waals surface area contributed by atoms with Gasteiger partial charge in [-0.1, -0.05) is 54.8 Å². The van der Waals surface area contributed by atoms with E-state index in [-0.39, 0.29) is 24.4 Å². The summed E-state index contributed by atoms with van der Waals surface area (Å²) in [6.45, 7) is 2.57. The Kier molecular flexibility index (Phi) is 9.10. The number of para-hydroxylation sites is 1. The third-order valence-corrected chi connectivity index (χ3v) is 5.50. The average Bonchev–Trinajstić information content (AvgIpc) is 2.98. The Morgan fingerprint density at radius 3 is 2.39 bits per heavy atom. The van der Waals surface area contributed by atoms with Gasteiger partial charge in [0.1, 0.15) is 5.75 Å². The molecule has 1 fully saturated rings. The number of nitrogens with zero attached hydrogens (tertiary/aromatic N) is 1. The van der Waals surface area contributed by atoms with Crippen LogP contribution in [0.4, 0.5) is 0 Å². The highest BCUT2D eigenvalue weighted by molar-refractivity contribution is 6.31. The Balaban J connectivity index is 0.00000280. The van der Waals surface area contributed by atoms with Crippen molar-refractivity contribution in [3.63, 3.8) is 0 Å². The molecule has 1 amide bonds. The molecule has 28 heavy (non-hydrogen) atoms. The largest absolute Gasteiger partial charge is 0.496 e. The first-order valence-electron chi connectivity index (χ1n) is 9.60. The molecule has 2 aromatic rings. The van der Waals surface area contributed by atoms with Gasteiger partial charge in [0.25, 0.3) is 5.91 Å². The van der Waals surface area contributed by atoms with Crippen molar-refractivity contribution < 1.29 is 9.53 Å². The van der Waals surface area contributed by atoms with Crippen LogP contribution >= 0.6 is 24.0 Å². The van der Waals surface area contributed by atoms with E-state index in [2.05, 4.69) is 16.3 Å². The molecule has 6 heteroatoms. The molecule has 4 nitrogen and oxygen atoms in total. The van der Waals surface area contributed by atoms with Gasteiger partial charge in [-0.15, -0.1) is 12.4 Å². The van der Waals surface area contributed by atoms with Crippen molar-refractivity contribution in [2.45, 2.75) is 31.7 Å². The molecule has 1 N–H and O–H groups in total. The number of halogens is 2. The molecule has 0 spiro atoms. The van der Waals surface area contributed by atoms with Crippen molar-refractivity contribution in [2.75, 3.05) is 26.7 Å². The predicted molar refractivity (Wildman–Crippen MR) is 117 cm³/mol. The van der Waals surface area contributed by atoms with Crippen LogP contribution in [0.15, 0.2) is 48.5 Å². The number of nitrogens with one attached hydrogen (secondary N) is 1. The summed E-state index contributed by atoms with van der Waals surface area (Å²) in [4.78, 5) is 15.2. The van der Waals surface area contributed by atoms with Crippen molar-refractivity contribution >= 4 is 29.9 Å². The maximum Gasteiger partial charge on any atom is 0.255 e. The van der Waals surface area contributed by atoms with Crippen molar-refractivity contribution in [3.8, 4) is 5.75 Å². The van der Waals surface area contributed by atoms with Gasteiger partial charge < -0.3 is 10.1 Å². The van der Waals surface area contributed by atoms with Gasteiger partial charge >= 0.3 is 0 Å². The van der Waals surface area contributed by atoms with E-state index >= 15 is 0 Å². The standard InChI is InChI=1S/C22H27ClN2O2.ClH/c1-27-21-13-7-5-11-18(21)22(26)24-16-20(17-10-4-6-12-19(17)23)25-14-8-2-3-9-15-25;/h4-7,10-13,20H,2-3,8-9,14-16H2,1H3,(H,24,26);1H. The molecule has 1 aliphatic rings. The fraction of sp³-hybridized carbons (Fsp3) is 0.409. The molecule has 0 saturated carbocycles. The van der Waals surface area contributed by atoms with E-state index in [0.717, 1.165) is 23.7 Å². The zero-order valence-corrected chi connectivity index (χ0v) is 17.8. The van der Waals surface area contributed by atoms with Crippen LogP contribution in [0.3, 0.4) is 0 Å². The Morgan fingerprint density at radius 2 is 1.71 bits per heavy atom. The van der Waals surface area contributed by atoms with Crippen LogP contribution in [0.2, 0.25) is 5.02 Å². The normalized spacial score (nSPS) is 15.8. The number of carbonyl (C=O) groups excluding carboxylic acids is 1. The van der Waals surface area contributed by atoms with Crippen LogP contribution in [0.25, 0.3) is 0 Å². The quantitative estimate of drug-likeness (QED) is 0.702. The molecule has 0 bridgehead atoms.